The molecular weight excluding hydrogens is 1240 g/mol. The molecular formula is C77H124O16P2. The maximum absolute atomic E-state index is 12.9. The van der Waals surface area contributed by atoms with E-state index in [0.29, 0.717) is 19.3 Å². The normalized spacial score (nSPS) is 15.1. The highest BCUT2D eigenvalue weighted by atomic mass is 31.2. The van der Waals surface area contributed by atoms with E-state index < -0.39 is 91.5 Å². The van der Waals surface area contributed by atoms with E-state index in [9.17, 15) is 43.5 Å². The molecule has 0 saturated heterocycles. The van der Waals surface area contributed by atoms with Gasteiger partial charge in [-0.3, -0.25) is 32.5 Å². The largest absolute Gasteiger partial charge is 0.472 e. The molecule has 0 bridgehead atoms. The van der Waals surface area contributed by atoms with Gasteiger partial charge in [0.1, 0.15) is 25.4 Å². The lowest BCUT2D eigenvalue weighted by atomic mass is 10.1. The standard InChI is InChI=1S/C77H124O16P2/c1-4-7-10-13-16-19-22-25-28-30-32-34-35-37-39-40-43-45-48-51-54-57-60-63-75(80)87-66-72(78)67-89-94(83,84)90-68-73(79)69-91-95(85,86)92-71-74(93-77(82)65-62-59-56-53-50-47-42-27-24-21-18-15-12-9-6-3)70-88-76(81)64-61-58-55-52-49-46-44-41-38-36-33-31-29-26-23-20-17-14-11-8-5-2/h7-12,16-21,25-29,32-34,36-37,39,41-45,72-74,78-79H,4-6,13-15,22-24,30-31,35,38,40,46-71H2,1-3H3,(H,83,84)(H,85,86)/b10-7-,11-8-,12-9-,19-16-,20-17-,21-18-,28-25-,29-26-,34-32-,36-33-,39-37-,42-27-,44-41-,45-43-. The van der Waals surface area contributed by atoms with Gasteiger partial charge in [0.05, 0.1) is 26.4 Å². The van der Waals surface area contributed by atoms with Crippen LogP contribution in [0.5, 0.6) is 0 Å². The van der Waals surface area contributed by atoms with E-state index in [1.54, 1.807) is 0 Å². The first-order valence-electron chi connectivity index (χ1n) is 35.4. The first-order valence-corrected chi connectivity index (χ1v) is 38.4. The smallest absolute Gasteiger partial charge is 0.463 e. The molecule has 0 spiro atoms. The topological polar surface area (TPSA) is 231 Å². The minimum Gasteiger partial charge on any atom is -0.463 e. The van der Waals surface area contributed by atoms with E-state index in [-0.39, 0.29) is 19.3 Å². The third-order valence-corrected chi connectivity index (χ3v) is 15.8. The maximum atomic E-state index is 12.9. The highest BCUT2D eigenvalue weighted by Gasteiger charge is 2.29. The van der Waals surface area contributed by atoms with Crippen LogP contribution in [0.15, 0.2) is 170 Å². The van der Waals surface area contributed by atoms with Gasteiger partial charge in [0.25, 0.3) is 0 Å². The van der Waals surface area contributed by atoms with Gasteiger partial charge in [-0.1, -0.05) is 242 Å². The molecule has 95 heavy (non-hydrogen) atoms. The second kappa shape index (κ2) is 68.8. The molecule has 0 aromatic rings. The molecule has 0 aliphatic rings. The molecule has 0 saturated carbocycles. The summed E-state index contributed by atoms with van der Waals surface area (Å²) in [6.07, 6.45) is 85.4. The summed E-state index contributed by atoms with van der Waals surface area (Å²) in [4.78, 5) is 58.5. The van der Waals surface area contributed by atoms with Gasteiger partial charge >= 0.3 is 33.6 Å². The summed E-state index contributed by atoms with van der Waals surface area (Å²) in [6, 6.07) is 0. The average molecular weight is 1370 g/mol. The average Bonchev–Trinajstić information content (AvgIpc) is 1.93. The zero-order valence-corrected chi connectivity index (χ0v) is 60.1. The van der Waals surface area contributed by atoms with Gasteiger partial charge in [-0.15, -0.1) is 0 Å². The van der Waals surface area contributed by atoms with E-state index in [2.05, 4.69) is 191 Å². The van der Waals surface area contributed by atoms with Crippen molar-refractivity contribution in [2.45, 2.75) is 257 Å². The summed E-state index contributed by atoms with van der Waals surface area (Å²) in [7, 11) is -9.81. The number of carbonyl (C=O) groups is 3. The van der Waals surface area contributed by atoms with Crippen LogP contribution in [0, 0.1) is 0 Å². The summed E-state index contributed by atoms with van der Waals surface area (Å²) >= 11 is 0. The summed E-state index contributed by atoms with van der Waals surface area (Å²) in [5.74, 6) is -1.65. The highest BCUT2D eigenvalue weighted by Crippen LogP contribution is 2.45. The molecule has 18 heteroatoms. The fourth-order valence-electron chi connectivity index (χ4n) is 8.61. The predicted octanol–water partition coefficient (Wildman–Crippen LogP) is 20.1. The predicted molar refractivity (Wildman–Crippen MR) is 389 cm³/mol. The van der Waals surface area contributed by atoms with E-state index in [4.69, 9.17) is 32.3 Å². The molecule has 5 unspecified atom stereocenters. The van der Waals surface area contributed by atoms with E-state index in [1.807, 2.05) is 0 Å². The van der Waals surface area contributed by atoms with Gasteiger partial charge in [-0.2, -0.15) is 0 Å². The molecule has 0 fully saturated rings. The lowest BCUT2D eigenvalue weighted by Gasteiger charge is -2.21. The zero-order valence-electron chi connectivity index (χ0n) is 58.3. The number of aliphatic hydroxyl groups is 2. The zero-order chi connectivity index (χ0) is 69.5. The molecule has 4 N–H and O–H groups in total. The number of aliphatic hydroxyl groups excluding tert-OH is 2. The van der Waals surface area contributed by atoms with Crippen molar-refractivity contribution < 1.29 is 75.8 Å². The van der Waals surface area contributed by atoms with Crippen molar-refractivity contribution >= 4 is 33.6 Å². The quantitative estimate of drug-likeness (QED) is 0.0146. The Morgan fingerprint density at radius 3 is 0.832 bits per heavy atom. The van der Waals surface area contributed by atoms with Crippen LogP contribution in [0.3, 0.4) is 0 Å². The fraction of sp³-hybridized carbons (Fsp3) is 0.597. The summed E-state index contributed by atoms with van der Waals surface area (Å²) < 4.78 is 60.9. The number of rotatable bonds is 65. The number of hydrogen-bond donors (Lipinski definition) is 4. The number of phosphoric ester groups is 2. The van der Waals surface area contributed by atoms with E-state index in [0.717, 1.165) is 180 Å². The van der Waals surface area contributed by atoms with E-state index >= 15 is 0 Å². The molecule has 0 amide bonds. The SMILES string of the molecule is CC/C=C\C/C=C\C/C=C\C/C=C\C/C=C\C/C=C\CCCCCCC(=O)OCC(O)COP(=O)(O)OCC(O)COP(=O)(O)OCC(COC(=O)CCCCCCC/C=C\C/C=C\C/C=C\C/C=C\C/C=C\CC)OC(=O)CCCCCCC/C=C\C/C=C\C/C=C\CC. The van der Waals surface area contributed by atoms with Crippen LogP contribution in [0.25, 0.3) is 0 Å². The van der Waals surface area contributed by atoms with Crippen molar-refractivity contribution in [3.05, 3.63) is 170 Å². The summed E-state index contributed by atoms with van der Waals surface area (Å²) in [5.41, 5.74) is 0. The number of phosphoric acid groups is 2. The summed E-state index contributed by atoms with van der Waals surface area (Å²) in [6.45, 7) is 2.22. The molecule has 0 aromatic heterocycles. The Kier molecular flexibility index (Phi) is 65.1. The number of carbonyl (C=O) groups excluding carboxylic acids is 3. The summed E-state index contributed by atoms with van der Waals surface area (Å²) in [5, 5.41) is 20.6. The van der Waals surface area contributed by atoms with Gasteiger partial charge in [0.2, 0.25) is 0 Å². The molecule has 16 nitrogen and oxygen atoms in total. The Labute approximate surface area is 573 Å². The van der Waals surface area contributed by atoms with Crippen LogP contribution < -0.4 is 0 Å². The number of unbranched alkanes of at least 4 members (excludes halogenated alkanes) is 14. The lowest BCUT2D eigenvalue weighted by molar-refractivity contribution is -0.161. The molecule has 0 heterocycles. The van der Waals surface area contributed by atoms with Crippen molar-refractivity contribution in [1.82, 2.24) is 0 Å². The van der Waals surface area contributed by atoms with Crippen LogP contribution >= 0.6 is 15.6 Å². The van der Waals surface area contributed by atoms with Gasteiger partial charge in [0, 0.05) is 19.3 Å². The van der Waals surface area contributed by atoms with Gasteiger partial charge < -0.3 is 34.2 Å². The van der Waals surface area contributed by atoms with Crippen molar-refractivity contribution in [3.8, 4) is 0 Å². The molecule has 0 aromatic carbocycles. The number of allylic oxidation sites excluding steroid dienone is 28. The second-order valence-corrected chi connectivity index (χ2v) is 25.8. The Morgan fingerprint density at radius 1 is 0.295 bits per heavy atom. The van der Waals surface area contributed by atoms with Crippen LogP contribution in [0.2, 0.25) is 0 Å². The molecule has 538 valence electrons. The first-order chi connectivity index (χ1) is 46.2. The van der Waals surface area contributed by atoms with Crippen molar-refractivity contribution in [2.75, 3.05) is 39.6 Å². The Balaban J connectivity index is 4.72. The van der Waals surface area contributed by atoms with Crippen molar-refractivity contribution in [3.63, 3.8) is 0 Å². The number of hydrogen-bond acceptors (Lipinski definition) is 14. The fourth-order valence-corrected chi connectivity index (χ4v) is 10.2. The lowest BCUT2D eigenvalue weighted by Crippen LogP contribution is -2.30. The molecule has 0 aliphatic heterocycles. The highest BCUT2D eigenvalue weighted by molar-refractivity contribution is 7.47. The van der Waals surface area contributed by atoms with Crippen LogP contribution in [0.4, 0.5) is 0 Å². The molecule has 0 radical (unpaired) electrons. The van der Waals surface area contributed by atoms with Gasteiger partial charge in [-0.05, 0) is 148 Å². The monoisotopic (exact) mass is 1370 g/mol. The third-order valence-electron chi connectivity index (χ3n) is 13.9. The minimum absolute atomic E-state index is 0.0731. The molecule has 0 rings (SSSR count). The van der Waals surface area contributed by atoms with Gasteiger partial charge in [-0.25, -0.2) is 9.13 Å². The Morgan fingerprint density at radius 2 is 0.526 bits per heavy atom. The van der Waals surface area contributed by atoms with E-state index in [1.165, 1.54) is 0 Å². The van der Waals surface area contributed by atoms with Gasteiger partial charge in [0.15, 0.2) is 6.10 Å². The van der Waals surface area contributed by atoms with Crippen LogP contribution in [0.1, 0.15) is 239 Å². The Bertz CT molecular complexity index is 2410. The van der Waals surface area contributed by atoms with Crippen molar-refractivity contribution in [2.24, 2.45) is 0 Å². The minimum atomic E-state index is -4.95. The van der Waals surface area contributed by atoms with Crippen molar-refractivity contribution in [1.29, 1.82) is 0 Å². The molecule has 5 atom stereocenters. The number of esters is 3. The third kappa shape index (κ3) is 70.1. The Hall–Kier alpha value is -5.09. The molecule has 0 aliphatic carbocycles. The van der Waals surface area contributed by atoms with Crippen LogP contribution in [-0.4, -0.2) is 95.9 Å². The van der Waals surface area contributed by atoms with Crippen LogP contribution in [-0.2, 0) is 55.8 Å². The number of ether oxygens (including phenoxy) is 3. The second-order valence-electron chi connectivity index (χ2n) is 22.9. The first kappa shape index (κ1) is 89.9. The maximum Gasteiger partial charge on any atom is 0.472 e.